The molecule has 2 N–H and O–H groups in total. The Morgan fingerprint density at radius 3 is 2.72 bits per heavy atom. The van der Waals surface area contributed by atoms with Crippen molar-refractivity contribution in [1.82, 2.24) is 9.88 Å². The minimum absolute atomic E-state index is 0.289. The molecule has 1 fully saturated rings. The van der Waals surface area contributed by atoms with Crippen molar-refractivity contribution in [3.8, 4) is 5.75 Å². The van der Waals surface area contributed by atoms with Gasteiger partial charge in [-0.25, -0.2) is 4.39 Å². The van der Waals surface area contributed by atoms with Gasteiger partial charge in [0.05, 0.1) is 32.8 Å². The molecular formula is C24H28Cl2FN3OS. The highest BCUT2D eigenvalue weighted by Crippen LogP contribution is 2.37. The van der Waals surface area contributed by atoms with E-state index >= 15 is 0 Å². The van der Waals surface area contributed by atoms with Gasteiger partial charge in [-0.15, -0.1) is 0 Å². The van der Waals surface area contributed by atoms with Gasteiger partial charge in [0.1, 0.15) is 0 Å². The maximum atomic E-state index is 14.9. The van der Waals surface area contributed by atoms with Gasteiger partial charge >= 0.3 is 0 Å². The number of aromatic amines is 1. The Morgan fingerprint density at radius 1 is 1.03 bits per heavy atom. The molecule has 1 saturated heterocycles. The van der Waals surface area contributed by atoms with Crippen LogP contribution in [0.25, 0.3) is 10.9 Å². The standard InChI is InChI=1S/C24H28Cl2FN3OS/c25-17-10-11-19(24-22(17)18(26)16-28-24)29-32-21-9-7-8-20(23(21)27)31-15-6-2-5-14-30-12-3-1-4-13-30/h7-11,16,28-29H,1-6,12-15H2. The predicted molar refractivity (Wildman–Crippen MR) is 134 cm³/mol. The number of H-pyrrole nitrogens is 1. The monoisotopic (exact) mass is 495 g/mol. The molecule has 0 radical (unpaired) electrons. The summed E-state index contributed by atoms with van der Waals surface area (Å²) in [5.41, 5.74) is 1.56. The van der Waals surface area contributed by atoms with E-state index in [1.807, 2.05) is 12.1 Å². The molecule has 0 bridgehead atoms. The lowest BCUT2D eigenvalue weighted by Crippen LogP contribution is -2.30. The summed E-state index contributed by atoms with van der Waals surface area (Å²) < 4.78 is 23.9. The second kappa shape index (κ2) is 11.5. The Morgan fingerprint density at radius 2 is 1.88 bits per heavy atom. The number of nitrogens with one attached hydrogen (secondary N) is 2. The van der Waals surface area contributed by atoms with Crippen molar-refractivity contribution in [3.05, 3.63) is 52.4 Å². The van der Waals surface area contributed by atoms with Crippen LogP contribution in [0.15, 0.2) is 41.4 Å². The van der Waals surface area contributed by atoms with Crippen LogP contribution in [0.5, 0.6) is 5.75 Å². The van der Waals surface area contributed by atoms with Crippen LogP contribution in [-0.2, 0) is 0 Å². The summed E-state index contributed by atoms with van der Waals surface area (Å²) >= 11 is 13.6. The van der Waals surface area contributed by atoms with Gasteiger partial charge in [-0.1, -0.05) is 35.7 Å². The second-order valence-electron chi connectivity index (χ2n) is 8.07. The van der Waals surface area contributed by atoms with Crippen LogP contribution in [0, 0.1) is 5.82 Å². The van der Waals surface area contributed by atoms with E-state index in [0.29, 0.717) is 21.5 Å². The highest BCUT2D eigenvalue weighted by atomic mass is 35.5. The average molecular weight is 496 g/mol. The molecule has 3 aromatic rings. The number of likely N-dealkylation sites (tertiary alicyclic amines) is 1. The van der Waals surface area contributed by atoms with Crippen molar-refractivity contribution in [1.29, 1.82) is 0 Å². The Hall–Kier alpha value is -1.60. The molecule has 2 heterocycles. The number of benzene rings is 2. The number of hydrogen-bond acceptors (Lipinski definition) is 4. The first-order chi connectivity index (χ1) is 15.6. The largest absolute Gasteiger partial charge is 0.490 e. The highest BCUT2D eigenvalue weighted by molar-refractivity contribution is 8.00. The van der Waals surface area contributed by atoms with E-state index in [4.69, 9.17) is 27.9 Å². The summed E-state index contributed by atoms with van der Waals surface area (Å²) in [5, 5.41) is 1.87. The summed E-state index contributed by atoms with van der Waals surface area (Å²) in [4.78, 5) is 6.13. The first kappa shape index (κ1) is 23.6. The smallest absolute Gasteiger partial charge is 0.180 e. The van der Waals surface area contributed by atoms with Crippen molar-refractivity contribution in [2.45, 2.75) is 43.4 Å². The Balaban J connectivity index is 1.27. The van der Waals surface area contributed by atoms with E-state index in [2.05, 4.69) is 14.6 Å². The fraction of sp³-hybridized carbons (Fsp3) is 0.417. The van der Waals surface area contributed by atoms with Crippen molar-refractivity contribution in [2.75, 3.05) is 31.0 Å². The normalized spacial score (nSPS) is 14.7. The van der Waals surface area contributed by atoms with Gasteiger partial charge in [-0.2, -0.15) is 0 Å². The molecule has 4 nitrogen and oxygen atoms in total. The zero-order chi connectivity index (χ0) is 22.3. The number of unbranched alkanes of at least 4 members (excludes halogenated alkanes) is 2. The van der Waals surface area contributed by atoms with Gasteiger partial charge in [-0.05, 0) is 88.0 Å². The Bertz CT molecular complexity index is 1040. The maximum absolute atomic E-state index is 14.9. The lowest BCUT2D eigenvalue weighted by atomic mass is 10.1. The van der Waals surface area contributed by atoms with Crippen molar-refractivity contribution in [2.24, 2.45) is 0 Å². The molecule has 0 spiro atoms. The predicted octanol–water partition coefficient (Wildman–Crippen LogP) is 7.77. The second-order valence-corrected chi connectivity index (χ2v) is 9.73. The van der Waals surface area contributed by atoms with Gasteiger partial charge in [0, 0.05) is 11.6 Å². The molecule has 0 saturated carbocycles. The van der Waals surface area contributed by atoms with Crippen LogP contribution >= 0.6 is 35.1 Å². The van der Waals surface area contributed by atoms with Crippen molar-refractivity contribution in [3.63, 3.8) is 0 Å². The number of hydrogen-bond donors (Lipinski definition) is 2. The van der Waals surface area contributed by atoms with Crippen molar-refractivity contribution < 1.29 is 9.13 Å². The van der Waals surface area contributed by atoms with Crippen LogP contribution in [0.4, 0.5) is 10.1 Å². The van der Waals surface area contributed by atoms with E-state index in [1.165, 1.54) is 50.7 Å². The number of anilines is 1. The molecule has 2 aromatic carbocycles. The number of piperidine rings is 1. The van der Waals surface area contributed by atoms with Gasteiger partial charge in [0.2, 0.25) is 0 Å². The fourth-order valence-electron chi connectivity index (χ4n) is 4.02. The molecule has 0 amide bonds. The van der Waals surface area contributed by atoms with Crippen LogP contribution in [0.3, 0.4) is 0 Å². The molecule has 0 unspecified atom stereocenters. The third kappa shape index (κ3) is 5.84. The maximum Gasteiger partial charge on any atom is 0.180 e. The number of ether oxygens (including phenoxy) is 1. The van der Waals surface area contributed by atoms with Crippen molar-refractivity contribution >= 4 is 51.7 Å². The van der Waals surface area contributed by atoms with Gasteiger partial charge in [0.15, 0.2) is 11.6 Å². The van der Waals surface area contributed by atoms with E-state index in [1.54, 1.807) is 24.4 Å². The average Bonchev–Trinajstić information content (AvgIpc) is 3.20. The van der Waals surface area contributed by atoms with Gasteiger partial charge in [-0.3, -0.25) is 0 Å². The number of rotatable bonds is 10. The Labute approximate surface area is 202 Å². The quantitative estimate of drug-likeness (QED) is 0.222. The summed E-state index contributed by atoms with van der Waals surface area (Å²) in [7, 11) is 0. The molecule has 0 aliphatic carbocycles. The topological polar surface area (TPSA) is 40.3 Å². The summed E-state index contributed by atoms with van der Waals surface area (Å²) in [5.74, 6) is -0.0648. The van der Waals surface area contributed by atoms with E-state index in [0.717, 1.165) is 36.0 Å². The van der Waals surface area contributed by atoms with Crippen LogP contribution in [-0.4, -0.2) is 36.1 Å². The zero-order valence-electron chi connectivity index (χ0n) is 17.9. The number of aromatic nitrogens is 1. The third-order valence-electron chi connectivity index (χ3n) is 5.76. The number of fused-ring (bicyclic) bond motifs is 1. The summed E-state index contributed by atoms with van der Waals surface area (Å²) in [6.45, 7) is 4.16. The SMILES string of the molecule is Fc1c(OCCCCCN2CCCCC2)cccc1SNc1ccc(Cl)c2c(Cl)c[nH]c12. The van der Waals surface area contributed by atoms with Crippen LogP contribution in [0.2, 0.25) is 10.0 Å². The van der Waals surface area contributed by atoms with Gasteiger partial charge in [0.25, 0.3) is 0 Å². The summed E-state index contributed by atoms with van der Waals surface area (Å²) in [6.07, 6.45) is 8.91. The number of nitrogens with zero attached hydrogens (tertiary/aromatic N) is 1. The lowest BCUT2D eigenvalue weighted by Gasteiger charge is -2.26. The van der Waals surface area contributed by atoms with Crippen LogP contribution in [0.1, 0.15) is 38.5 Å². The minimum atomic E-state index is -0.354. The first-order valence-electron chi connectivity index (χ1n) is 11.1. The fourth-order valence-corrected chi connectivity index (χ4v) is 5.31. The molecule has 8 heteroatoms. The Kier molecular flexibility index (Phi) is 8.47. The summed E-state index contributed by atoms with van der Waals surface area (Å²) in [6, 6.07) is 8.83. The molecule has 32 heavy (non-hydrogen) atoms. The molecule has 1 aromatic heterocycles. The molecular weight excluding hydrogens is 468 g/mol. The molecule has 0 atom stereocenters. The molecule has 1 aliphatic heterocycles. The molecule has 172 valence electrons. The van der Waals surface area contributed by atoms with Gasteiger partial charge < -0.3 is 19.3 Å². The van der Waals surface area contributed by atoms with Crippen LogP contribution < -0.4 is 9.46 Å². The van der Waals surface area contributed by atoms with E-state index in [-0.39, 0.29) is 11.6 Å². The molecule has 1 aliphatic rings. The zero-order valence-corrected chi connectivity index (χ0v) is 20.3. The number of halogens is 3. The van der Waals surface area contributed by atoms with E-state index in [9.17, 15) is 4.39 Å². The molecule has 4 rings (SSSR count). The van der Waals surface area contributed by atoms with E-state index < -0.39 is 0 Å². The highest BCUT2D eigenvalue weighted by Gasteiger charge is 2.14. The first-order valence-corrected chi connectivity index (χ1v) is 12.7. The third-order valence-corrected chi connectivity index (χ3v) is 7.23. The lowest BCUT2D eigenvalue weighted by molar-refractivity contribution is 0.220. The minimum Gasteiger partial charge on any atom is -0.490 e.